The van der Waals surface area contributed by atoms with Gasteiger partial charge in [0, 0.05) is 12.1 Å². The summed E-state index contributed by atoms with van der Waals surface area (Å²) < 4.78 is 1.27. The summed E-state index contributed by atoms with van der Waals surface area (Å²) in [5, 5.41) is 20.4. The normalized spacial score (nSPS) is 21.9. The molecule has 1 saturated heterocycles. The molecule has 9 heteroatoms. The molecule has 1 aromatic rings. The Morgan fingerprint density at radius 2 is 2.45 bits per heavy atom. The summed E-state index contributed by atoms with van der Waals surface area (Å²) in [6.07, 6.45) is 3.40. The lowest BCUT2D eigenvalue weighted by molar-refractivity contribution is -0.389. The van der Waals surface area contributed by atoms with Gasteiger partial charge in [0.05, 0.1) is 17.4 Å². The smallest absolute Gasteiger partial charge is 0.358 e. The number of aromatic nitrogens is 2. The number of nitrogens with zero attached hydrogens (tertiary/aromatic N) is 3. The van der Waals surface area contributed by atoms with Crippen LogP contribution in [0.15, 0.2) is 12.3 Å². The topological polar surface area (TPSA) is 102 Å². The first-order valence-corrected chi connectivity index (χ1v) is 6.27. The summed E-state index contributed by atoms with van der Waals surface area (Å²) in [6.45, 7) is 3.00. The number of nitrogens with one attached hydrogen (secondary N) is 2. The lowest BCUT2D eigenvalue weighted by Gasteiger charge is -2.30. The molecule has 112 valence electrons. The molecule has 0 aliphatic carbocycles. The van der Waals surface area contributed by atoms with E-state index < -0.39 is 4.92 Å². The van der Waals surface area contributed by atoms with Gasteiger partial charge in [-0.3, -0.25) is 4.79 Å². The number of halogens is 1. The van der Waals surface area contributed by atoms with E-state index in [4.69, 9.17) is 0 Å². The highest BCUT2D eigenvalue weighted by Gasteiger charge is 2.23. The molecule has 2 unspecified atom stereocenters. The zero-order chi connectivity index (χ0) is 13.8. The van der Waals surface area contributed by atoms with Crippen molar-refractivity contribution in [2.45, 2.75) is 38.4 Å². The Labute approximate surface area is 122 Å². The molecule has 1 amide bonds. The number of nitro groups is 1. The summed E-state index contributed by atoms with van der Waals surface area (Å²) in [5.41, 5.74) is 0. The fraction of sp³-hybridized carbons (Fsp3) is 0.636. The largest absolute Gasteiger partial charge is 0.389 e. The predicted molar refractivity (Wildman–Crippen MR) is 74.8 cm³/mol. The third-order valence-corrected chi connectivity index (χ3v) is 3.23. The van der Waals surface area contributed by atoms with Crippen molar-refractivity contribution in [2.24, 2.45) is 0 Å². The van der Waals surface area contributed by atoms with Crippen LogP contribution in [0, 0.1) is 10.1 Å². The van der Waals surface area contributed by atoms with E-state index in [1.54, 1.807) is 0 Å². The standard InChI is InChI=1S/C11H17N5O3.ClH/c1-8-9(3-2-5-12-8)13-11(17)7-15-6-4-10(14-15)16(18)19;/h4,6,8-9,12H,2-3,5,7H2,1H3,(H,13,17);1H. The highest BCUT2D eigenvalue weighted by atomic mass is 35.5. The number of rotatable bonds is 4. The Balaban J connectivity index is 0.00000200. The number of amides is 1. The second-order valence-electron chi connectivity index (χ2n) is 4.69. The van der Waals surface area contributed by atoms with Crippen LogP contribution in [0.1, 0.15) is 19.8 Å². The number of carbonyl (C=O) groups excluding carboxylic acids is 1. The van der Waals surface area contributed by atoms with Crippen molar-refractivity contribution in [3.63, 3.8) is 0 Å². The first-order valence-electron chi connectivity index (χ1n) is 6.27. The van der Waals surface area contributed by atoms with E-state index in [-0.39, 0.29) is 42.8 Å². The van der Waals surface area contributed by atoms with Crippen molar-refractivity contribution < 1.29 is 9.72 Å². The van der Waals surface area contributed by atoms with Crippen LogP contribution in [0.2, 0.25) is 0 Å². The third-order valence-electron chi connectivity index (χ3n) is 3.23. The maximum atomic E-state index is 11.8. The van der Waals surface area contributed by atoms with Gasteiger partial charge in [-0.15, -0.1) is 12.4 Å². The van der Waals surface area contributed by atoms with Crippen LogP contribution in [-0.2, 0) is 11.3 Å². The summed E-state index contributed by atoms with van der Waals surface area (Å²) in [4.78, 5) is 21.7. The second kappa shape index (κ2) is 7.20. The zero-order valence-electron chi connectivity index (χ0n) is 11.1. The van der Waals surface area contributed by atoms with Gasteiger partial charge in [0.25, 0.3) is 0 Å². The van der Waals surface area contributed by atoms with Crippen molar-refractivity contribution in [1.82, 2.24) is 20.4 Å². The van der Waals surface area contributed by atoms with Crippen LogP contribution in [0.4, 0.5) is 5.82 Å². The van der Waals surface area contributed by atoms with Crippen LogP contribution >= 0.6 is 12.4 Å². The van der Waals surface area contributed by atoms with E-state index in [1.807, 2.05) is 6.92 Å². The van der Waals surface area contributed by atoms with Crippen molar-refractivity contribution in [3.05, 3.63) is 22.4 Å². The minimum absolute atomic E-state index is 0. The Morgan fingerprint density at radius 1 is 1.70 bits per heavy atom. The second-order valence-corrected chi connectivity index (χ2v) is 4.69. The summed E-state index contributed by atoms with van der Waals surface area (Å²) >= 11 is 0. The molecule has 1 aromatic heterocycles. The number of hydrogen-bond donors (Lipinski definition) is 2. The Hall–Kier alpha value is -1.67. The predicted octanol–water partition coefficient (Wildman–Crippen LogP) is 0.470. The maximum Gasteiger partial charge on any atom is 0.389 e. The quantitative estimate of drug-likeness (QED) is 0.622. The van der Waals surface area contributed by atoms with Gasteiger partial charge in [-0.05, 0) is 31.2 Å². The van der Waals surface area contributed by atoms with Crippen molar-refractivity contribution in [3.8, 4) is 0 Å². The molecule has 2 atom stereocenters. The summed E-state index contributed by atoms with van der Waals surface area (Å²) in [6, 6.07) is 1.62. The van der Waals surface area contributed by atoms with Crippen LogP contribution in [0.3, 0.4) is 0 Å². The summed E-state index contributed by atoms with van der Waals surface area (Å²) in [7, 11) is 0. The zero-order valence-corrected chi connectivity index (χ0v) is 11.9. The molecule has 2 rings (SSSR count). The fourth-order valence-electron chi connectivity index (χ4n) is 2.18. The van der Waals surface area contributed by atoms with Gasteiger partial charge < -0.3 is 20.7 Å². The van der Waals surface area contributed by atoms with Crippen molar-refractivity contribution in [2.75, 3.05) is 6.54 Å². The molecule has 0 saturated carbocycles. The third kappa shape index (κ3) is 4.17. The average molecular weight is 304 g/mol. The Kier molecular flexibility index (Phi) is 5.90. The molecule has 2 heterocycles. The molecule has 0 spiro atoms. The minimum Gasteiger partial charge on any atom is -0.358 e. The number of piperidine rings is 1. The van der Waals surface area contributed by atoms with Crippen molar-refractivity contribution in [1.29, 1.82) is 0 Å². The highest BCUT2D eigenvalue weighted by Crippen LogP contribution is 2.08. The first kappa shape index (κ1) is 16.4. The molecule has 0 bridgehead atoms. The van der Waals surface area contributed by atoms with Gasteiger partial charge in [-0.1, -0.05) is 0 Å². The van der Waals surface area contributed by atoms with Crippen LogP contribution < -0.4 is 10.6 Å². The minimum atomic E-state index is -0.582. The molecule has 2 N–H and O–H groups in total. The lowest BCUT2D eigenvalue weighted by Crippen LogP contribution is -2.52. The number of hydrogen-bond acceptors (Lipinski definition) is 5. The molecule has 8 nitrogen and oxygen atoms in total. The van der Waals surface area contributed by atoms with Gasteiger partial charge >= 0.3 is 5.82 Å². The van der Waals surface area contributed by atoms with Gasteiger partial charge in [0.2, 0.25) is 5.91 Å². The van der Waals surface area contributed by atoms with Crippen LogP contribution in [0.25, 0.3) is 0 Å². The maximum absolute atomic E-state index is 11.8. The van der Waals surface area contributed by atoms with Gasteiger partial charge in [-0.25, -0.2) is 0 Å². The molecule has 20 heavy (non-hydrogen) atoms. The Bertz CT molecular complexity index is 478. The van der Waals surface area contributed by atoms with E-state index in [0.717, 1.165) is 19.4 Å². The molecule has 0 aromatic carbocycles. The molecule has 1 fully saturated rings. The highest BCUT2D eigenvalue weighted by molar-refractivity contribution is 5.85. The van der Waals surface area contributed by atoms with E-state index in [9.17, 15) is 14.9 Å². The Morgan fingerprint density at radius 3 is 3.05 bits per heavy atom. The molecule has 1 aliphatic rings. The van der Waals surface area contributed by atoms with Gasteiger partial charge in [0.15, 0.2) is 0 Å². The van der Waals surface area contributed by atoms with E-state index in [2.05, 4.69) is 15.7 Å². The van der Waals surface area contributed by atoms with Gasteiger partial charge in [-0.2, -0.15) is 4.68 Å². The molecular formula is C11H18ClN5O3. The SMILES string of the molecule is CC1NCCCC1NC(=O)Cn1ccc([N+](=O)[O-])n1.Cl. The van der Waals surface area contributed by atoms with E-state index in [1.165, 1.54) is 16.9 Å². The average Bonchev–Trinajstić information content (AvgIpc) is 2.80. The van der Waals surface area contributed by atoms with E-state index >= 15 is 0 Å². The first-order chi connectivity index (χ1) is 9.06. The molecule has 0 radical (unpaired) electrons. The van der Waals surface area contributed by atoms with Crippen molar-refractivity contribution >= 4 is 24.1 Å². The van der Waals surface area contributed by atoms with Gasteiger partial charge in [0.1, 0.15) is 6.54 Å². The molecule has 1 aliphatic heterocycles. The monoisotopic (exact) mass is 303 g/mol. The molecular weight excluding hydrogens is 286 g/mol. The number of carbonyl (C=O) groups is 1. The summed E-state index contributed by atoms with van der Waals surface area (Å²) in [5.74, 6) is -0.431. The van der Waals surface area contributed by atoms with Crippen LogP contribution in [-0.4, -0.2) is 39.2 Å². The van der Waals surface area contributed by atoms with E-state index in [0.29, 0.717) is 0 Å². The lowest BCUT2D eigenvalue weighted by atomic mass is 10.00. The fourth-order valence-corrected chi connectivity index (χ4v) is 2.18. The van der Waals surface area contributed by atoms with Crippen LogP contribution in [0.5, 0.6) is 0 Å².